The van der Waals surface area contributed by atoms with Gasteiger partial charge in [0.2, 0.25) is 18.6 Å². The largest absolute Gasteiger partial charge is 0.484 e. The summed E-state index contributed by atoms with van der Waals surface area (Å²) < 4.78 is 29.8. The fraction of sp³-hybridized carbons (Fsp3) is 0.222. The summed E-state index contributed by atoms with van der Waals surface area (Å²) >= 11 is 0. The monoisotopic (exact) mass is 505 g/mol. The number of amides is 3. The molecule has 0 aromatic heterocycles. The number of hydrogen-bond donors (Lipinski definition) is 2. The molecule has 1 unspecified atom stereocenters. The van der Waals surface area contributed by atoms with Crippen LogP contribution in [0.5, 0.6) is 17.2 Å². The van der Waals surface area contributed by atoms with Crippen molar-refractivity contribution in [2.75, 3.05) is 30.2 Å². The Morgan fingerprint density at radius 2 is 1.81 bits per heavy atom. The topological polar surface area (TPSA) is 106 Å². The normalized spacial score (nSPS) is 16.0. The molecular weight excluding hydrogens is 481 g/mol. The molecule has 2 aliphatic rings. The molecule has 0 saturated carbocycles. The van der Waals surface area contributed by atoms with Crippen LogP contribution in [0.3, 0.4) is 0 Å². The Bertz CT molecular complexity index is 1330. The fourth-order valence-corrected chi connectivity index (χ4v) is 4.14. The second kappa shape index (κ2) is 10.6. The number of halogens is 1. The Morgan fingerprint density at radius 1 is 1.03 bits per heavy atom. The Labute approximate surface area is 212 Å². The van der Waals surface area contributed by atoms with Gasteiger partial charge in [-0.15, -0.1) is 0 Å². The molecule has 0 aliphatic carbocycles. The quantitative estimate of drug-likeness (QED) is 0.487. The molecule has 9 nitrogen and oxygen atoms in total. The minimum absolute atomic E-state index is 0.0773. The Kier molecular flexibility index (Phi) is 6.89. The van der Waals surface area contributed by atoms with Gasteiger partial charge in [0.05, 0.1) is 11.6 Å². The summed E-state index contributed by atoms with van der Waals surface area (Å²) in [7, 11) is 0. The number of anilines is 2. The predicted molar refractivity (Wildman–Crippen MR) is 132 cm³/mol. The van der Waals surface area contributed by atoms with Gasteiger partial charge in [0.15, 0.2) is 18.1 Å². The molecule has 0 radical (unpaired) electrons. The average Bonchev–Trinajstić information content (AvgIpc) is 3.54. The molecule has 3 amide bonds. The third kappa shape index (κ3) is 5.64. The molecule has 1 atom stereocenters. The first kappa shape index (κ1) is 24.1. The number of carbonyl (C=O) groups excluding carboxylic acids is 3. The van der Waals surface area contributed by atoms with Crippen molar-refractivity contribution in [3.63, 3.8) is 0 Å². The summed E-state index contributed by atoms with van der Waals surface area (Å²) in [5.41, 5.74) is 1.57. The molecular formula is C27H24FN3O6. The van der Waals surface area contributed by atoms with Crippen LogP contribution >= 0.6 is 0 Å². The van der Waals surface area contributed by atoms with E-state index in [0.29, 0.717) is 29.5 Å². The Hall–Kier alpha value is -4.60. The summed E-state index contributed by atoms with van der Waals surface area (Å²) in [6.07, 6.45) is 0.113. The maximum Gasteiger partial charge on any atom is 0.262 e. The van der Waals surface area contributed by atoms with Crippen LogP contribution in [-0.4, -0.2) is 37.7 Å². The van der Waals surface area contributed by atoms with E-state index in [1.165, 1.54) is 18.2 Å². The molecule has 2 N–H and O–H groups in total. The smallest absolute Gasteiger partial charge is 0.262 e. The van der Waals surface area contributed by atoms with Crippen molar-refractivity contribution in [3.8, 4) is 17.2 Å². The van der Waals surface area contributed by atoms with E-state index in [1.807, 2.05) is 12.1 Å². The van der Waals surface area contributed by atoms with Crippen LogP contribution in [0.15, 0.2) is 66.7 Å². The highest BCUT2D eigenvalue weighted by Gasteiger charge is 2.35. The molecule has 0 spiro atoms. The Morgan fingerprint density at radius 3 is 2.62 bits per heavy atom. The van der Waals surface area contributed by atoms with E-state index < -0.39 is 17.6 Å². The minimum atomic E-state index is -0.532. The number of para-hydroxylation sites is 1. The lowest BCUT2D eigenvalue weighted by Crippen LogP contribution is -2.32. The lowest BCUT2D eigenvalue weighted by atomic mass is 10.1. The standard InChI is InChI=1S/C27H24FN3O6/c28-21-3-1-2-4-22(21)30-25(32)15-35-20-8-6-19(7-9-20)31-14-18(12-26(31)33)27(34)29-13-17-5-10-23-24(11-17)37-16-36-23/h1-11,18H,12-16H2,(H,29,34)(H,30,32). The maximum atomic E-state index is 13.7. The Balaban J connectivity index is 1.11. The zero-order valence-corrected chi connectivity index (χ0v) is 19.7. The van der Waals surface area contributed by atoms with Gasteiger partial charge in [0, 0.05) is 25.2 Å². The van der Waals surface area contributed by atoms with E-state index in [4.69, 9.17) is 14.2 Å². The van der Waals surface area contributed by atoms with Crippen molar-refractivity contribution in [1.29, 1.82) is 0 Å². The number of hydrogen-bond acceptors (Lipinski definition) is 6. The highest BCUT2D eigenvalue weighted by molar-refractivity contribution is 6.00. The summed E-state index contributed by atoms with van der Waals surface area (Å²) in [5.74, 6) is -0.123. The zero-order chi connectivity index (χ0) is 25.8. The van der Waals surface area contributed by atoms with Gasteiger partial charge in [-0.3, -0.25) is 14.4 Å². The fourth-order valence-electron chi connectivity index (χ4n) is 4.14. The van der Waals surface area contributed by atoms with E-state index in [1.54, 1.807) is 41.3 Å². The molecule has 5 rings (SSSR count). The summed E-state index contributed by atoms with van der Waals surface area (Å²) in [6, 6.07) is 18.0. The van der Waals surface area contributed by atoms with E-state index in [2.05, 4.69) is 10.6 Å². The predicted octanol–water partition coefficient (Wildman–Crippen LogP) is 3.24. The zero-order valence-electron chi connectivity index (χ0n) is 19.7. The third-order valence-electron chi connectivity index (χ3n) is 6.07. The molecule has 190 valence electrons. The first-order chi connectivity index (χ1) is 18.0. The van der Waals surface area contributed by atoms with Crippen LogP contribution < -0.4 is 29.7 Å². The molecule has 0 bridgehead atoms. The lowest BCUT2D eigenvalue weighted by Gasteiger charge is -2.17. The van der Waals surface area contributed by atoms with Crippen molar-refractivity contribution < 1.29 is 33.0 Å². The van der Waals surface area contributed by atoms with Crippen LogP contribution in [0.1, 0.15) is 12.0 Å². The SMILES string of the molecule is O=C(COc1ccc(N2CC(C(=O)NCc3ccc4c(c3)OCO4)CC2=O)cc1)Nc1ccccc1F. The van der Waals surface area contributed by atoms with Crippen LogP contribution in [0.4, 0.5) is 15.8 Å². The summed E-state index contributed by atoms with van der Waals surface area (Å²) in [4.78, 5) is 38.9. The van der Waals surface area contributed by atoms with Gasteiger partial charge in [0.25, 0.3) is 5.91 Å². The number of fused-ring (bicyclic) bond motifs is 1. The molecule has 1 fully saturated rings. The lowest BCUT2D eigenvalue weighted by molar-refractivity contribution is -0.126. The average molecular weight is 506 g/mol. The molecule has 37 heavy (non-hydrogen) atoms. The molecule has 3 aromatic rings. The first-order valence-corrected chi connectivity index (χ1v) is 11.7. The number of benzene rings is 3. The first-order valence-electron chi connectivity index (χ1n) is 11.7. The molecule has 10 heteroatoms. The van der Waals surface area contributed by atoms with E-state index >= 15 is 0 Å². The molecule has 2 heterocycles. The second-order valence-corrected chi connectivity index (χ2v) is 8.62. The van der Waals surface area contributed by atoms with Crippen molar-refractivity contribution in [1.82, 2.24) is 5.32 Å². The second-order valence-electron chi connectivity index (χ2n) is 8.62. The van der Waals surface area contributed by atoms with Gasteiger partial charge in [0.1, 0.15) is 11.6 Å². The number of carbonyl (C=O) groups is 3. The highest BCUT2D eigenvalue weighted by Crippen LogP contribution is 2.32. The third-order valence-corrected chi connectivity index (χ3v) is 6.07. The van der Waals surface area contributed by atoms with Gasteiger partial charge in [-0.1, -0.05) is 18.2 Å². The number of rotatable bonds is 8. The van der Waals surface area contributed by atoms with Gasteiger partial charge in [-0.2, -0.15) is 0 Å². The molecule has 1 saturated heterocycles. The van der Waals surface area contributed by atoms with Crippen LogP contribution in [0.25, 0.3) is 0 Å². The number of nitrogens with zero attached hydrogens (tertiary/aromatic N) is 1. The summed E-state index contributed by atoms with van der Waals surface area (Å²) in [6.45, 7) is 0.457. The van der Waals surface area contributed by atoms with Gasteiger partial charge in [-0.05, 0) is 54.1 Å². The van der Waals surface area contributed by atoms with Crippen LogP contribution in [0.2, 0.25) is 0 Å². The number of nitrogens with one attached hydrogen (secondary N) is 2. The number of ether oxygens (including phenoxy) is 3. The van der Waals surface area contributed by atoms with Crippen LogP contribution in [-0.2, 0) is 20.9 Å². The summed E-state index contributed by atoms with van der Waals surface area (Å²) in [5, 5.41) is 5.33. The van der Waals surface area contributed by atoms with Gasteiger partial charge in [-0.25, -0.2) is 4.39 Å². The van der Waals surface area contributed by atoms with Crippen molar-refractivity contribution in [2.45, 2.75) is 13.0 Å². The van der Waals surface area contributed by atoms with Crippen molar-refractivity contribution in [3.05, 3.63) is 78.1 Å². The van der Waals surface area contributed by atoms with Crippen molar-refractivity contribution >= 4 is 29.1 Å². The van der Waals surface area contributed by atoms with E-state index in [9.17, 15) is 18.8 Å². The van der Waals surface area contributed by atoms with Crippen molar-refractivity contribution in [2.24, 2.45) is 5.92 Å². The van der Waals surface area contributed by atoms with Crippen LogP contribution in [0, 0.1) is 11.7 Å². The van der Waals surface area contributed by atoms with Gasteiger partial charge < -0.3 is 29.7 Å². The minimum Gasteiger partial charge on any atom is -0.484 e. The molecule has 3 aromatic carbocycles. The van der Waals surface area contributed by atoms with E-state index in [-0.39, 0.29) is 43.9 Å². The van der Waals surface area contributed by atoms with E-state index in [0.717, 1.165) is 5.56 Å². The van der Waals surface area contributed by atoms with Gasteiger partial charge >= 0.3 is 0 Å². The highest BCUT2D eigenvalue weighted by atomic mass is 19.1. The maximum absolute atomic E-state index is 13.7. The molecule has 2 aliphatic heterocycles.